The average molecular weight is 484 g/mol. The SMILES string of the molecule is Cc1c(I)cc(I)c(C)c1I. The monoisotopic (exact) mass is 484 g/mol. The lowest BCUT2D eigenvalue weighted by Gasteiger charge is -2.07. The normalized spacial score (nSPS) is 10.3. The van der Waals surface area contributed by atoms with E-state index >= 15 is 0 Å². The topological polar surface area (TPSA) is 0 Å². The molecule has 0 radical (unpaired) electrons. The second-order valence-electron chi connectivity index (χ2n) is 2.40. The fourth-order valence-electron chi connectivity index (χ4n) is 0.819. The Kier molecular flexibility index (Phi) is 3.89. The summed E-state index contributed by atoms with van der Waals surface area (Å²) in [5.41, 5.74) is 2.81. The lowest BCUT2D eigenvalue weighted by atomic mass is 10.2. The fraction of sp³-hybridized carbons (Fsp3) is 0.250. The van der Waals surface area contributed by atoms with Crippen LogP contribution < -0.4 is 0 Å². The molecule has 1 aromatic carbocycles. The Labute approximate surface area is 108 Å². The van der Waals surface area contributed by atoms with Gasteiger partial charge in [-0.3, -0.25) is 0 Å². The van der Waals surface area contributed by atoms with Crippen molar-refractivity contribution in [2.75, 3.05) is 0 Å². The Morgan fingerprint density at radius 3 is 1.64 bits per heavy atom. The number of rotatable bonds is 0. The van der Waals surface area contributed by atoms with Crippen LogP contribution in [-0.2, 0) is 0 Å². The molecule has 60 valence electrons. The molecule has 0 amide bonds. The van der Waals surface area contributed by atoms with E-state index in [1.54, 1.807) is 0 Å². The van der Waals surface area contributed by atoms with Gasteiger partial charge in [0.1, 0.15) is 0 Å². The van der Waals surface area contributed by atoms with Crippen molar-refractivity contribution in [3.8, 4) is 0 Å². The summed E-state index contributed by atoms with van der Waals surface area (Å²) in [6.07, 6.45) is 0. The second kappa shape index (κ2) is 4.08. The van der Waals surface area contributed by atoms with E-state index in [0.717, 1.165) is 0 Å². The molecule has 0 unspecified atom stereocenters. The van der Waals surface area contributed by atoms with Gasteiger partial charge >= 0.3 is 0 Å². The van der Waals surface area contributed by atoms with Gasteiger partial charge in [-0.2, -0.15) is 0 Å². The summed E-state index contributed by atoms with van der Waals surface area (Å²) in [7, 11) is 0. The number of halogens is 3. The largest absolute Gasteiger partial charge is 0.0439 e. The average Bonchev–Trinajstić information content (AvgIpc) is 1.97. The van der Waals surface area contributed by atoms with E-state index in [4.69, 9.17) is 0 Å². The van der Waals surface area contributed by atoms with Crippen molar-refractivity contribution < 1.29 is 0 Å². The van der Waals surface area contributed by atoms with Crippen LogP contribution in [0.1, 0.15) is 11.1 Å². The van der Waals surface area contributed by atoms with Gasteiger partial charge in [-0.05, 0) is 98.8 Å². The Balaban J connectivity index is 3.46. The van der Waals surface area contributed by atoms with E-state index in [1.807, 2.05) is 0 Å². The molecule has 3 heteroatoms. The first-order chi connectivity index (χ1) is 5.04. The molecule has 0 saturated heterocycles. The van der Waals surface area contributed by atoms with Crippen molar-refractivity contribution in [2.45, 2.75) is 13.8 Å². The van der Waals surface area contributed by atoms with Crippen LogP contribution in [0.2, 0.25) is 0 Å². The third-order valence-corrected chi connectivity index (χ3v) is 5.49. The minimum atomic E-state index is 1.36. The van der Waals surface area contributed by atoms with Crippen molar-refractivity contribution in [3.63, 3.8) is 0 Å². The molecular formula is C8H7I3. The van der Waals surface area contributed by atoms with E-state index in [1.165, 1.54) is 21.8 Å². The molecule has 1 rings (SSSR count). The molecule has 0 aliphatic rings. The fourth-order valence-corrected chi connectivity index (χ4v) is 4.19. The van der Waals surface area contributed by atoms with Gasteiger partial charge in [0.15, 0.2) is 0 Å². The first-order valence-corrected chi connectivity index (χ1v) is 6.38. The van der Waals surface area contributed by atoms with E-state index < -0.39 is 0 Å². The number of hydrogen-bond acceptors (Lipinski definition) is 0. The smallest absolute Gasteiger partial charge is 0.0209 e. The highest BCUT2D eigenvalue weighted by atomic mass is 127. The maximum atomic E-state index is 2.41. The molecule has 11 heavy (non-hydrogen) atoms. The van der Waals surface area contributed by atoms with Gasteiger partial charge in [0.25, 0.3) is 0 Å². The first kappa shape index (κ1) is 10.5. The lowest BCUT2D eigenvalue weighted by Crippen LogP contribution is -1.92. The summed E-state index contributed by atoms with van der Waals surface area (Å²) in [5, 5.41) is 0. The Morgan fingerprint density at radius 2 is 1.27 bits per heavy atom. The van der Waals surface area contributed by atoms with E-state index in [2.05, 4.69) is 87.7 Å². The van der Waals surface area contributed by atoms with Crippen molar-refractivity contribution in [1.29, 1.82) is 0 Å². The molecule has 0 heterocycles. The van der Waals surface area contributed by atoms with Gasteiger partial charge in [-0.1, -0.05) is 0 Å². The molecule has 0 N–H and O–H groups in total. The van der Waals surface area contributed by atoms with E-state index in [9.17, 15) is 0 Å². The van der Waals surface area contributed by atoms with Crippen LogP contribution in [0.15, 0.2) is 6.07 Å². The highest BCUT2D eigenvalue weighted by Gasteiger charge is 2.05. The number of benzene rings is 1. The van der Waals surface area contributed by atoms with Crippen LogP contribution in [0.5, 0.6) is 0 Å². The van der Waals surface area contributed by atoms with Gasteiger partial charge in [-0.25, -0.2) is 0 Å². The summed E-state index contributed by atoms with van der Waals surface area (Å²) in [5.74, 6) is 0. The highest BCUT2D eigenvalue weighted by Crippen LogP contribution is 2.25. The Hall–Kier alpha value is 1.41. The van der Waals surface area contributed by atoms with E-state index in [-0.39, 0.29) is 0 Å². The minimum absolute atomic E-state index is 1.36. The summed E-state index contributed by atoms with van der Waals surface area (Å²) in [6, 6.07) is 2.23. The molecule has 0 bridgehead atoms. The molecule has 0 aliphatic carbocycles. The Bertz CT molecular complexity index is 266. The summed E-state index contributed by atoms with van der Waals surface area (Å²) in [4.78, 5) is 0. The van der Waals surface area contributed by atoms with Gasteiger partial charge in [-0.15, -0.1) is 0 Å². The predicted octanol–water partition coefficient (Wildman–Crippen LogP) is 4.12. The van der Waals surface area contributed by atoms with Gasteiger partial charge < -0.3 is 0 Å². The highest BCUT2D eigenvalue weighted by molar-refractivity contribution is 14.1. The maximum absolute atomic E-state index is 2.41. The van der Waals surface area contributed by atoms with Crippen LogP contribution in [0.4, 0.5) is 0 Å². The molecule has 1 aromatic rings. The quantitative estimate of drug-likeness (QED) is 0.487. The van der Waals surface area contributed by atoms with Crippen molar-refractivity contribution >= 4 is 67.8 Å². The standard InChI is InChI=1S/C8H7I3/c1-4-6(9)3-7(10)5(2)8(4)11/h3H,1-2H3. The minimum Gasteiger partial charge on any atom is -0.0439 e. The van der Waals surface area contributed by atoms with Gasteiger partial charge in [0.2, 0.25) is 0 Å². The Morgan fingerprint density at radius 1 is 0.909 bits per heavy atom. The molecular weight excluding hydrogens is 477 g/mol. The van der Waals surface area contributed by atoms with Crippen molar-refractivity contribution in [2.24, 2.45) is 0 Å². The van der Waals surface area contributed by atoms with Crippen LogP contribution in [0, 0.1) is 24.6 Å². The third-order valence-electron chi connectivity index (χ3n) is 1.63. The van der Waals surface area contributed by atoms with Crippen molar-refractivity contribution in [1.82, 2.24) is 0 Å². The second-order valence-corrected chi connectivity index (χ2v) is 5.81. The number of hydrogen-bond donors (Lipinski definition) is 0. The first-order valence-electron chi connectivity index (χ1n) is 3.14. The maximum Gasteiger partial charge on any atom is 0.0209 e. The molecule has 0 fully saturated rings. The van der Waals surface area contributed by atoms with Crippen molar-refractivity contribution in [3.05, 3.63) is 27.9 Å². The lowest BCUT2D eigenvalue weighted by molar-refractivity contribution is 1.29. The van der Waals surface area contributed by atoms with Crippen LogP contribution in [-0.4, -0.2) is 0 Å². The summed E-state index contributed by atoms with van der Waals surface area (Å²) < 4.78 is 4.13. The molecule has 0 aromatic heterocycles. The van der Waals surface area contributed by atoms with Crippen LogP contribution in [0.25, 0.3) is 0 Å². The summed E-state index contributed by atoms with van der Waals surface area (Å²) in [6.45, 7) is 4.35. The predicted molar refractivity (Wildman–Crippen MR) is 74.1 cm³/mol. The van der Waals surface area contributed by atoms with Gasteiger partial charge in [0, 0.05) is 10.7 Å². The zero-order chi connectivity index (χ0) is 8.59. The van der Waals surface area contributed by atoms with Gasteiger partial charge in [0.05, 0.1) is 0 Å². The summed E-state index contributed by atoms with van der Waals surface area (Å²) >= 11 is 7.18. The zero-order valence-corrected chi connectivity index (χ0v) is 12.7. The molecule has 0 atom stereocenters. The molecule has 0 nitrogen and oxygen atoms in total. The van der Waals surface area contributed by atoms with Crippen LogP contribution >= 0.6 is 67.8 Å². The van der Waals surface area contributed by atoms with E-state index in [0.29, 0.717) is 0 Å². The third kappa shape index (κ3) is 2.20. The molecule has 0 saturated carbocycles. The molecule has 0 aliphatic heterocycles. The molecule has 0 spiro atoms. The van der Waals surface area contributed by atoms with Crippen LogP contribution in [0.3, 0.4) is 0 Å². The zero-order valence-electron chi connectivity index (χ0n) is 6.21.